The number of carbonyl (C=O) groups excluding carboxylic acids is 1. The molecule has 3 aromatic rings. The molecule has 1 aromatic heterocycles. The second-order valence-electron chi connectivity index (χ2n) is 6.03. The van der Waals surface area contributed by atoms with Crippen LogP contribution in [0.4, 0.5) is 8.78 Å². The highest BCUT2D eigenvalue weighted by molar-refractivity contribution is 5.79. The fourth-order valence-corrected chi connectivity index (χ4v) is 2.61. The van der Waals surface area contributed by atoms with E-state index in [1.54, 1.807) is 13.8 Å². The monoisotopic (exact) mass is 356 g/mol. The van der Waals surface area contributed by atoms with E-state index in [2.05, 4.69) is 10.3 Å². The molecule has 0 aliphatic carbocycles. The number of benzene rings is 2. The van der Waals surface area contributed by atoms with Gasteiger partial charge >= 0.3 is 0 Å². The van der Waals surface area contributed by atoms with Crippen molar-refractivity contribution in [3.05, 3.63) is 77.2 Å². The van der Waals surface area contributed by atoms with Crippen LogP contribution < -0.4 is 5.32 Å². The molecule has 0 bridgehead atoms. The Bertz CT molecular complexity index is 923. The Kier molecular flexibility index (Phi) is 5.11. The molecule has 2 aromatic carbocycles. The summed E-state index contributed by atoms with van der Waals surface area (Å²) in [6.45, 7) is 3.45. The van der Waals surface area contributed by atoms with Crippen LogP contribution in [0.3, 0.4) is 0 Å². The summed E-state index contributed by atoms with van der Waals surface area (Å²) < 4.78 is 32.0. The highest BCUT2D eigenvalue weighted by atomic mass is 19.2. The average molecular weight is 356 g/mol. The van der Waals surface area contributed by atoms with Gasteiger partial charge in [-0.05, 0) is 43.7 Å². The lowest BCUT2D eigenvalue weighted by Gasteiger charge is -2.14. The number of nitrogens with zero attached hydrogens (tertiary/aromatic N) is 1. The van der Waals surface area contributed by atoms with Crippen LogP contribution in [-0.4, -0.2) is 10.9 Å². The second-order valence-corrected chi connectivity index (χ2v) is 6.03. The highest BCUT2D eigenvalue weighted by Gasteiger charge is 2.17. The van der Waals surface area contributed by atoms with Crippen molar-refractivity contribution in [3.63, 3.8) is 0 Å². The zero-order valence-electron chi connectivity index (χ0n) is 14.4. The Morgan fingerprint density at radius 1 is 1.15 bits per heavy atom. The summed E-state index contributed by atoms with van der Waals surface area (Å²) in [6, 6.07) is 12.5. The number of carbonyl (C=O) groups is 1. The van der Waals surface area contributed by atoms with Crippen LogP contribution in [0.5, 0.6) is 0 Å². The van der Waals surface area contributed by atoms with Crippen molar-refractivity contribution in [2.24, 2.45) is 0 Å². The quantitative estimate of drug-likeness (QED) is 0.739. The first-order valence-electron chi connectivity index (χ1n) is 8.20. The van der Waals surface area contributed by atoms with E-state index in [1.807, 2.05) is 30.3 Å². The Hall–Kier alpha value is -3.02. The molecule has 4 nitrogen and oxygen atoms in total. The number of oxazole rings is 1. The molecular formula is C20H18F2N2O2. The molecule has 1 amide bonds. The van der Waals surface area contributed by atoms with E-state index in [-0.39, 0.29) is 12.3 Å². The molecule has 0 aliphatic heterocycles. The number of amides is 1. The minimum Gasteiger partial charge on any atom is -0.441 e. The molecule has 0 aliphatic rings. The molecule has 1 heterocycles. The van der Waals surface area contributed by atoms with Crippen molar-refractivity contribution < 1.29 is 18.0 Å². The van der Waals surface area contributed by atoms with Gasteiger partial charge in [0.05, 0.1) is 18.2 Å². The molecule has 6 heteroatoms. The van der Waals surface area contributed by atoms with Gasteiger partial charge < -0.3 is 9.73 Å². The van der Waals surface area contributed by atoms with Crippen molar-refractivity contribution in [3.8, 4) is 11.5 Å². The maximum Gasteiger partial charge on any atom is 0.226 e. The molecule has 0 fully saturated rings. The molecule has 0 saturated heterocycles. The molecule has 1 atom stereocenters. The smallest absolute Gasteiger partial charge is 0.226 e. The fourth-order valence-electron chi connectivity index (χ4n) is 2.61. The summed E-state index contributed by atoms with van der Waals surface area (Å²) in [5.74, 6) is -1.11. The molecule has 134 valence electrons. The Balaban J connectivity index is 1.68. The number of aromatic nitrogens is 1. The lowest BCUT2D eigenvalue weighted by molar-refractivity contribution is -0.121. The molecule has 0 spiro atoms. The largest absolute Gasteiger partial charge is 0.441 e. The van der Waals surface area contributed by atoms with Crippen LogP contribution in [0.15, 0.2) is 52.9 Å². The summed E-state index contributed by atoms with van der Waals surface area (Å²) in [7, 11) is 0. The Morgan fingerprint density at radius 3 is 2.58 bits per heavy atom. The predicted molar refractivity (Wildman–Crippen MR) is 93.3 cm³/mol. The van der Waals surface area contributed by atoms with E-state index < -0.39 is 17.7 Å². The number of hydrogen-bond donors (Lipinski definition) is 1. The summed E-state index contributed by atoms with van der Waals surface area (Å²) in [6.07, 6.45) is 0.0379. The van der Waals surface area contributed by atoms with Crippen LogP contribution in [0.25, 0.3) is 11.5 Å². The summed E-state index contributed by atoms with van der Waals surface area (Å²) in [4.78, 5) is 16.7. The van der Waals surface area contributed by atoms with Gasteiger partial charge in [0.2, 0.25) is 11.8 Å². The van der Waals surface area contributed by atoms with Gasteiger partial charge in [-0.1, -0.05) is 24.3 Å². The lowest BCUT2D eigenvalue weighted by atomic mass is 10.1. The van der Waals surface area contributed by atoms with Crippen molar-refractivity contribution in [2.45, 2.75) is 26.3 Å². The van der Waals surface area contributed by atoms with Crippen molar-refractivity contribution >= 4 is 5.91 Å². The van der Waals surface area contributed by atoms with Crippen LogP contribution in [-0.2, 0) is 11.2 Å². The molecule has 1 N–H and O–H groups in total. The topological polar surface area (TPSA) is 55.1 Å². The van der Waals surface area contributed by atoms with E-state index in [1.165, 1.54) is 6.07 Å². The van der Waals surface area contributed by atoms with Gasteiger partial charge in [0.1, 0.15) is 5.76 Å². The fraction of sp³-hybridized carbons (Fsp3) is 0.200. The van der Waals surface area contributed by atoms with Crippen LogP contribution in [0.1, 0.15) is 30.0 Å². The minimum absolute atomic E-state index is 0.0379. The molecule has 1 unspecified atom stereocenters. The van der Waals surface area contributed by atoms with E-state index in [4.69, 9.17) is 4.42 Å². The van der Waals surface area contributed by atoms with Crippen LogP contribution >= 0.6 is 0 Å². The third kappa shape index (κ3) is 3.96. The van der Waals surface area contributed by atoms with Gasteiger partial charge in [-0.3, -0.25) is 4.79 Å². The molecule has 0 saturated carbocycles. The van der Waals surface area contributed by atoms with E-state index in [0.29, 0.717) is 22.9 Å². The number of halogens is 2. The van der Waals surface area contributed by atoms with Crippen molar-refractivity contribution in [2.75, 3.05) is 0 Å². The van der Waals surface area contributed by atoms with Crippen molar-refractivity contribution in [1.82, 2.24) is 10.3 Å². The van der Waals surface area contributed by atoms with Crippen LogP contribution in [0.2, 0.25) is 0 Å². The first-order chi connectivity index (χ1) is 12.4. The van der Waals surface area contributed by atoms with Gasteiger partial charge in [-0.2, -0.15) is 0 Å². The zero-order valence-corrected chi connectivity index (χ0v) is 14.4. The van der Waals surface area contributed by atoms with Gasteiger partial charge in [0.25, 0.3) is 0 Å². The number of aryl methyl sites for hydroxylation is 1. The number of rotatable bonds is 5. The Morgan fingerprint density at radius 2 is 1.88 bits per heavy atom. The first kappa shape index (κ1) is 17.8. The van der Waals surface area contributed by atoms with Crippen LogP contribution in [0, 0.1) is 18.6 Å². The van der Waals surface area contributed by atoms with Gasteiger partial charge in [-0.15, -0.1) is 0 Å². The summed E-state index contributed by atoms with van der Waals surface area (Å²) >= 11 is 0. The third-order valence-corrected chi connectivity index (χ3v) is 4.06. The molecule has 0 radical (unpaired) electrons. The maximum atomic E-state index is 13.3. The summed E-state index contributed by atoms with van der Waals surface area (Å²) in [5, 5.41) is 2.76. The van der Waals surface area contributed by atoms with E-state index in [0.717, 1.165) is 17.7 Å². The second kappa shape index (κ2) is 7.47. The SMILES string of the molecule is Cc1oc(-c2ccccc2)nc1CC(=O)NC(C)c1ccc(F)c(F)c1. The highest BCUT2D eigenvalue weighted by Crippen LogP contribution is 2.22. The predicted octanol–water partition coefficient (Wildman–Crippen LogP) is 4.35. The molecular weight excluding hydrogens is 338 g/mol. The van der Waals surface area contributed by atoms with E-state index >= 15 is 0 Å². The van der Waals surface area contributed by atoms with Gasteiger partial charge in [0, 0.05) is 5.56 Å². The van der Waals surface area contributed by atoms with Gasteiger partial charge in [0.15, 0.2) is 11.6 Å². The third-order valence-electron chi connectivity index (χ3n) is 4.06. The number of nitrogens with one attached hydrogen (secondary N) is 1. The van der Waals surface area contributed by atoms with Crippen molar-refractivity contribution in [1.29, 1.82) is 0 Å². The first-order valence-corrected chi connectivity index (χ1v) is 8.20. The van der Waals surface area contributed by atoms with Gasteiger partial charge in [-0.25, -0.2) is 13.8 Å². The Labute approximate surface area is 149 Å². The number of hydrogen-bond acceptors (Lipinski definition) is 3. The maximum absolute atomic E-state index is 13.3. The molecule has 26 heavy (non-hydrogen) atoms. The normalized spacial score (nSPS) is 12.0. The average Bonchev–Trinajstić information content (AvgIpc) is 2.98. The van der Waals surface area contributed by atoms with E-state index in [9.17, 15) is 13.6 Å². The zero-order chi connectivity index (χ0) is 18.7. The summed E-state index contributed by atoms with van der Waals surface area (Å²) in [5.41, 5.74) is 1.86. The minimum atomic E-state index is -0.941. The lowest BCUT2D eigenvalue weighted by Crippen LogP contribution is -2.28. The molecule has 3 rings (SSSR count). The standard InChI is InChI=1S/C20H18F2N2O2/c1-12(15-8-9-16(21)17(22)10-15)23-19(25)11-18-13(2)26-20(24-18)14-6-4-3-5-7-14/h3-10,12H,11H2,1-2H3,(H,23,25).